The number of amides is 1. The van der Waals surface area contributed by atoms with Crippen LogP contribution in [-0.2, 0) is 0 Å². The highest BCUT2D eigenvalue weighted by Crippen LogP contribution is 2.39. The van der Waals surface area contributed by atoms with Crippen LogP contribution in [0.15, 0.2) is 60.8 Å². The predicted molar refractivity (Wildman–Crippen MR) is 130 cm³/mol. The number of rotatable bonds is 5. The Hall–Kier alpha value is -3.45. The van der Waals surface area contributed by atoms with Gasteiger partial charge in [0.15, 0.2) is 5.13 Å². The minimum Gasteiger partial charge on any atom is -0.494 e. The van der Waals surface area contributed by atoms with Crippen molar-refractivity contribution in [3.05, 3.63) is 66.4 Å². The van der Waals surface area contributed by atoms with Crippen molar-refractivity contribution in [2.45, 2.75) is 19.3 Å². The Bertz CT molecular complexity index is 1230. The first-order chi connectivity index (χ1) is 15.7. The highest BCUT2D eigenvalue weighted by Gasteiger charge is 2.17. The molecule has 0 saturated carbocycles. The number of carbonyl (C=O) groups excluding carboxylic acids is 1. The number of anilines is 2. The summed E-state index contributed by atoms with van der Waals surface area (Å²) in [7, 11) is 1.63. The van der Waals surface area contributed by atoms with Gasteiger partial charge in [0, 0.05) is 24.8 Å². The van der Waals surface area contributed by atoms with E-state index >= 15 is 0 Å². The summed E-state index contributed by atoms with van der Waals surface area (Å²) in [6, 6.07) is 17.8. The highest BCUT2D eigenvalue weighted by atomic mass is 32.1. The van der Waals surface area contributed by atoms with Crippen LogP contribution < -0.4 is 15.0 Å². The summed E-state index contributed by atoms with van der Waals surface area (Å²) in [5.41, 5.74) is 3.42. The third-order valence-corrected chi connectivity index (χ3v) is 6.73. The van der Waals surface area contributed by atoms with Gasteiger partial charge in [-0.25, -0.2) is 9.97 Å². The van der Waals surface area contributed by atoms with Gasteiger partial charge in [-0.15, -0.1) is 0 Å². The highest BCUT2D eigenvalue weighted by molar-refractivity contribution is 7.23. The van der Waals surface area contributed by atoms with Gasteiger partial charge in [0.2, 0.25) is 0 Å². The second-order valence-corrected chi connectivity index (χ2v) is 8.78. The molecule has 1 amide bonds. The molecule has 0 bridgehead atoms. The van der Waals surface area contributed by atoms with Gasteiger partial charge in [0.05, 0.1) is 17.4 Å². The molecule has 0 spiro atoms. The number of ether oxygens (including phenoxy) is 1. The molecule has 4 aromatic rings. The number of hydrogen-bond donors (Lipinski definition) is 1. The molecular formula is C25H24N4O2S. The number of fused-ring (bicyclic) bond motifs is 1. The summed E-state index contributed by atoms with van der Waals surface area (Å²) in [5.74, 6) is 1.39. The third kappa shape index (κ3) is 4.03. The van der Waals surface area contributed by atoms with Crippen molar-refractivity contribution in [2.75, 3.05) is 30.4 Å². The van der Waals surface area contributed by atoms with Crippen molar-refractivity contribution in [2.24, 2.45) is 0 Å². The Morgan fingerprint density at radius 2 is 1.84 bits per heavy atom. The standard InChI is InChI=1S/C25H24N4O2S/c1-31-20-12-11-19(17-8-4-2-5-9-17)23-22(20)27-25(32-23)28-24(30)18-10-13-21(26-16-18)29-14-6-3-7-15-29/h2,4-5,8-13,16H,3,6-7,14-15H2,1H3,(H,27,28,30). The maximum Gasteiger partial charge on any atom is 0.259 e. The Labute approximate surface area is 190 Å². The Balaban J connectivity index is 1.40. The molecule has 0 aliphatic carbocycles. The van der Waals surface area contributed by atoms with Crippen molar-refractivity contribution in [3.8, 4) is 16.9 Å². The lowest BCUT2D eigenvalue weighted by Crippen LogP contribution is -2.30. The first kappa shape index (κ1) is 20.5. The van der Waals surface area contributed by atoms with Crippen LogP contribution in [-0.4, -0.2) is 36.1 Å². The van der Waals surface area contributed by atoms with E-state index in [0.29, 0.717) is 16.4 Å². The normalized spacial score (nSPS) is 13.8. The van der Waals surface area contributed by atoms with Crippen molar-refractivity contribution in [3.63, 3.8) is 0 Å². The molecule has 162 valence electrons. The minimum atomic E-state index is -0.220. The molecular weight excluding hydrogens is 420 g/mol. The molecule has 2 aromatic heterocycles. The van der Waals surface area contributed by atoms with E-state index in [4.69, 9.17) is 4.74 Å². The summed E-state index contributed by atoms with van der Waals surface area (Å²) in [6.45, 7) is 2.05. The molecule has 0 atom stereocenters. The summed E-state index contributed by atoms with van der Waals surface area (Å²) in [4.78, 5) is 24.3. The zero-order chi connectivity index (χ0) is 21.9. The Kier molecular flexibility index (Phi) is 5.73. The second kappa shape index (κ2) is 8.96. The number of benzene rings is 2. The lowest BCUT2D eigenvalue weighted by molar-refractivity contribution is 0.102. The number of piperidine rings is 1. The summed E-state index contributed by atoms with van der Waals surface area (Å²) < 4.78 is 6.49. The number of thiazole rings is 1. The quantitative estimate of drug-likeness (QED) is 0.433. The number of hydrogen-bond acceptors (Lipinski definition) is 6. The van der Waals surface area contributed by atoms with Gasteiger partial charge in [-0.3, -0.25) is 10.1 Å². The van der Waals surface area contributed by atoms with Gasteiger partial charge in [-0.05, 0) is 49.1 Å². The average Bonchev–Trinajstić information content (AvgIpc) is 3.28. The monoisotopic (exact) mass is 444 g/mol. The molecule has 32 heavy (non-hydrogen) atoms. The van der Waals surface area contributed by atoms with E-state index in [9.17, 15) is 4.79 Å². The first-order valence-electron chi connectivity index (χ1n) is 10.8. The molecule has 2 aromatic carbocycles. The van der Waals surface area contributed by atoms with Crippen LogP contribution >= 0.6 is 11.3 Å². The lowest BCUT2D eigenvalue weighted by Gasteiger charge is -2.27. The molecule has 3 heterocycles. The second-order valence-electron chi connectivity index (χ2n) is 7.79. The van der Waals surface area contributed by atoms with Crippen LogP contribution in [0.3, 0.4) is 0 Å². The average molecular weight is 445 g/mol. The third-order valence-electron chi connectivity index (χ3n) is 5.72. The van der Waals surface area contributed by atoms with Crippen LogP contribution in [0.4, 0.5) is 10.9 Å². The van der Waals surface area contributed by atoms with Crippen molar-refractivity contribution in [1.82, 2.24) is 9.97 Å². The topological polar surface area (TPSA) is 67.3 Å². The SMILES string of the molecule is COc1ccc(-c2ccccc2)c2sc(NC(=O)c3ccc(N4CCCCC4)nc3)nc12. The van der Waals surface area contributed by atoms with Crippen molar-refractivity contribution >= 4 is 38.4 Å². The fourth-order valence-corrected chi connectivity index (χ4v) is 5.06. The van der Waals surface area contributed by atoms with Gasteiger partial charge < -0.3 is 9.64 Å². The summed E-state index contributed by atoms with van der Waals surface area (Å²) >= 11 is 1.45. The molecule has 0 unspecified atom stereocenters. The van der Waals surface area contributed by atoms with E-state index in [1.54, 1.807) is 13.3 Å². The fraction of sp³-hybridized carbons (Fsp3) is 0.240. The number of nitrogens with one attached hydrogen (secondary N) is 1. The van der Waals surface area contributed by atoms with Crippen LogP contribution in [0.25, 0.3) is 21.3 Å². The number of methoxy groups -OCH3 is 1. The molecule has 0 radical (unpaired) electrons. The zero-order valence-corrected chi connectivity index (χ0v) is 18.7. The largest absolute Gasteiger partial charge is 0.494 e. The Morgan fingerprint density at radius 1 is 1.03 bits per heavy atom. The summed E-state index contributed by atoms with van der Waals surface area (Å²) in [5, 5.41) is 3.47. The number of nitrogens with zero attached hydrogens (tertiary/aromatic N) is 3. The molecule has 1 saturated heterocycles. The Morgan fingerprint density at radius 3 is 2.56 bits per heavy atom. The molecule has 1 aliphatic heterocycles. The molecule has 7 heteroatoms. The molecule has 1 N–H and O–H groups in total. The first-order valence-corrected chi connectivity index (χ1v) is 11.6. The fourth-order valence-electron chi connectivity index (χ4n) is 4.05. The van der Waals surface area contributed by atoms with E-state index in [1.807, 2.05) is 42.5 Å². The van der Waals surface area contributed by atoms with Gasteiger partial charge in [0.25, 0.3) is 5.91 Å². The van der Waals surface area contributed by atoms with Crippen molar-refractivity contribution < 1.29 is 9.53 Å². The van der Waals surface area contributed by atoms with E-state index in [1.165, 1.54) is 30.6 Å². The van der Waals surface area contributed by atoms with Crippen LogP contribution in [0.5, 0.6) is 5.75 Å². The predicted octanol–water partition coefficient (Wildman–Crippen LogP) is 5.61. The molecule has 1 fully saturated rings. The van der Waals surface area contributed by atoms with Gasteiger partial charge >= 0.3 is 0 Å². The van der Waals surface area contributed by atoms with E-state index in [2.05, 4.69) is 32.3 Å². The molecule has 5 rings (SSSR count). The van der Waals surface area contributed by atoms with Crippen molar-refractivity contribution in [1.29, 1.82) is 0 Å². The zero-order valence-electron chi connectivity index (χ0n) is 17.9. The van der Waals surface area contributed by atoms with E-state index in [0.717, 1.165) is 40.3 Å². The number of pyridine rings is 1. The smallest absolute Gasteiger partial charge is 0.259 e. The molecule has 1 aliphatic rings. The maximum atomic E-state index is 12.9. The summed E-state index contributed by atoms with van der Waals surface area (Å²) in [6.07, 6.45) is 5.30. The van der Waals surface area contributed by atoms with Gasteiger partial charge in [0.1, 0.15) is 17.1 Å². The van der Waals surface area contributed by atoms with Crippen LogP contribution in [0.2, 0.25) is 0 Å². The maximum absolute atomic E-state index is 12.9. The number of aromatic nitrogens is 2. The van der Waals surface area contributed by atoms with Gasteiger partial charge in [-0.1, -0.05) is 41.7 Å². The minimum absolute atomic E-state index is 0.220. The van der Waals surface area contributed by atoms with Gasteiger partial charge in [-0.2, -0.15) is 0 Å². The van der Waals surface area contributed by atoms with E-state index in [-0.39, 0.29) is 5.91 Å². The van der Waals surface area contributed by atoms with E-state index < -0.39 is 0 Å². The van der Waals surface area contributed by atoms with Crippen LogP contribution in [0, 0.1) is 0 Å². The number of carbonyl (C=O) groups is 1. The molecule has 6 nitrogen and oxygen atoms in total. The lowest BCUT2D eigenvalue weighted by atomic mass is 10.1. The van der Waals surface area contributed by atoms with Crippen LogP contribution in [0.1, 0.15) is 29.6 Å².